The van der Waals surface area contributed by atoms with Gasteiger partial charge in [0.1, 0.15) is 11.5 Å². The summed E-state index contributed by atoms with van der Waals surface area (Å²) < 4.78 is 5.28. The molecule has 0 saturated heterocycles. The van der Waals surface area contributed by atoms with Crippen LogP contribution in [0.1, 0.15) is 33.9 Å². The van der Waals surface area contributed by atoms with Crippen LogP contribution in [0.3, 0.4) is 0 Å². The molecule has 4 aromatic carbocycles. The topological polar surface area (TPSA) is 62.1 Å². The van der Waals surface area contributed by atoms with Gasteiger partial charge in [0.25, 0.3) is 5.91 Å². The van der Waals surface area contributed by atoms with Gasteiger partial charge in [0.05, 0.1) is 18.9 Å². The van der Waals surface area contributed by atoms with Crippen LogP contribution in [0.4, 0.5) is 0 Å². The number of phenols is 1. The maximum atomic E-state index is 13.4. The number of hydrogen-bond acceptors (Lipinski definition) is 4. The Bertz CT molecular complexity index is 1310. The number of methoxy groups -OCH3 is 1. The van der Waals surface area contributed by atoms with E-state index < -0.39 is 0 Å². The van der Waals surface area contributed by atoms with Crippen molar-refractivity contribution >= 4 is 22.4 Å². The largest absolute Gasteiger partial charge is 0.507 e. The van der Waals surface area contributed by atoms with Gasteiger partial charge in [0, 0.05) is 22.9 Å². The molecule has 0 aromatic heterocycles. The molecule has 1 unspecified atom stereocenters. The average Bonchev–Trinajstić information content (AvgIpc) is 3.29. The van der Waals surface area contributed by atoms with Gasteiger partial charge < -0.3 is 9.84 Å². The van der Waals surface area contributed by atoms with Crippen molar-refractivity contribution < 1.29 is 14.6 Å². The number of phenolic OH excluding ortho intramolecular Hbond substituents is 1. The number of fused-ring (bicyclic) bond motifs is 1. The SMILES string of the molecule is COc1ccc(C2CC(c3ccc4ccccc4c3O)=NN2C(=O)c2ccccc2)cc1. The zero-order valence-electron chi connectivity index (χ0n) is 17.6. The normalized spacial score (nSPS) is 15.6. The Balaban J connectivity index is 1.58. The van der Waals surface area contributed by atoms with Crippen molar-refractivity contribution in [1.29, 1.82) is 0 Å². The summed E-state index contributed by atoms with van der Waals surface area (Å²) >= 11 is 0. The summed E-state index contributed by atoms with van der Waals surface area (Å²) in [7, 11) is 1.62. The first-order chi connectivity index (χ1) is 15.7. The Morgan fingerprint density at radius 1 is 0.938 bits per heavy atom. The van der Waals surface area contributed by atoms with Crippen molar-refractivity contribution in [3.05, 3.63) is 108 Å². The number of benzene rings is 4. The van der Waals surface area contributed by atoms with Crippen LogP contribution in [0.15, 0.2) is 96.1 Å². The van der Waals surface area contributed by atoms with Gasteiger partial charge in [0.2, 0.25) is 0 Å². The van der Waals surface area contributed by atoms with E-state index in [0.717, 1.165) is 22.1 Å². The van der Waals surface area contributed by atoms with Gasteiger partial charge in [-0.2, -0.15) is 5.10 Å². The molecule has 1 aliphatic rings. The summed E-state index contributed by atoms with van der Waals surface area (Å²) in [6, 6.07) is 28.0. The Morgan fingerprint density at radius 3 is 2.41 bits per heavy atom. The number of aromatic hydroxyl groups is 1. The van der Waals surface area contributed by atoms with Crippen molar-refractivity contribution in [2.24, 2.45) is 5.10 Å². The third-order valence-corrected chi connectivity index (χ3v) is 5.85. The van der Waals surface area contributed by atoms with Crippen LogP contribution in [0, 0.1) is 0 Å². The minimum absolute atomic E-state index is 0.179. The van der Waals surface area contributed by atoms with Gasteiger partial charge in [-0.15, -0.1) is 0 Å². The van der Waals surface area contributed by atoms with Crippen molar-refractivity contribution in [2.75, 3.05) is 7.11 Å². The molecule has 158 valence electrons. The second-order valence-corrected chi connectivity index (χ2v) is 7.74. The van der Waals surface area contributed by atoms with Crippen LogP contribution in [0.25, 0.3) is 10.8 Å². The van der Waals surface area contributed by atoms with E-state index in [2.05, 4.69) is 0 Å². The lowest BCUT2D eigenvalue weighted by molar-refractivity contribution is 0.0711. The molecule has 1 atom stereocenters. The highest BCUT2D eigenvalue weighted by Gasteiger charge is 2.34. The van der Waals surface area contributed by atoms with Gasteiger partial charge >= 0.3 is 0 Å². The molecule has 0 radical (unpaired) electrons. The number of hydrogen-bond donors (Lipinski definition) is 1. The van der Waals surface area contributed by atoms with E-state index >= 15 is 0 Å². The third kappa shape index (κ3) is 3.48. The molecular formula is C27H22N2O3. The predicted octanol–water partition coefficient (Wildman–Crippen LogP) is 5.55. The molecule has 0 aliphatic carbocycles. The van der Waals surface area contributed by atoms with E-state index in [1.54, 1.807) is 19.2 Å². The Labute approximate surface area is 186 Å². The average molecular weight is 422 g/mol. The summed E-state index contributed by atoms with van der Waals surface area (Å²) in [5, 5.41) is 18.9. The van der Waals surface area contributed by atoms with Crippen molar-refractivity contribution in [3.63, 3.8) is 0 Å². The molecule has 5 rings (SSSR count). The minimum atomic E-state index is -0.283. The smallest absolute Gasteiger partial charge is 0.274 e. The molecular weight excluding hydrogens is 400 g/mol. The fourth-order valence-corrected chi connectivity index (χ4v) is 4.15. The van der Waals surface area contributed by atoms with Crippen LogP contribution >= 0.6 is 0 Å². The lowest BCUT2D eigenvalue weighted by atomic mass is 9.96. The quantitative estimate of drug-likeness (QED) is 0.469. The van der Waals surface area contributed by atoms with Crippen LogP contribution < -0.4 is 4.74 Å². The molecule has 4 aromatic rings. The molecule has 0 spiro atoms. The van der Waals surface area contributed by atoms with Crippen LogP contribution in [-0.2, 0) is 0 Å². The standard InChI is InChI=1S/C27H22N2O3/c1-32-21-14-11-19(12-15-21)25-17-24(28-29(25)27(31)20-8-3-2-4-9-20)23-16-13-18-7-5-6-10-22(18)26(23)30/h2-16,25,30H,17H2,1H3. The summed E-state index contributed by atoms with van der Waals surface area (Å²) in [6.45, 7) is 0. The Hall–Kier alpha value is -4.12. The molecule has 0 saturated carbocycles. The first kappa shape index (κ1) is 19.8. The molecule has 5 nitrogen and oxygen atoms in total. The number of ether oxygens (including phenoxy) is 1. The summed E-state index contributed by atoms with van der Waals surface area (Å²) in [5.41, 5.74) is 2.84. The number of amides is 1. The number of nitrogens with zero attached hydrogens (tertiary/aromatic N) is 2. The predicted molar refractivity (Wildman–Crippen MR) is 125 cm³/mol. The van der Waals surface area contributed by atoms with Crippen LogP contribution in [0.2, 0.25) is 0 Å². The maximum absolute atomic E-state index is 13.4. The van der Waals surface area contributed by atoms with E-state index in [0.29, 0.717) is 23.3 Å². The molecule has 1 N–H and O–H groups in total. The molecule has 0 bridgehead atoms. The molecule has 1 aliphatic heterocycles. The second kappa shape index (κ2) is 8.19. The zero-order chi connectivity index (χ0) is 22.1. The van der Waals surface area contributed by atoms with Gasteiger partial charge in [-0.3, -0.25) is 4.79 Å². The van der Waals surface area contributed by atoms with E-state index in [4.69, 9.17) is 9.84 Å². The molecule has 5 heteroatoms. The van der Waals surface area contributed by atoms with E-state index in [1.165, 1.54) is 5.01 Å². The van der Waals surface area contributed by atoms with Gasteiger partial charge in [0.15, 0.2) is 0 Å². The Kier molecular flexibility index (Phi) is 5.07. The highest BCUT2D eigenvalue weighted by molar-refractivity contribution is 6.10. The monoisotopic (exact) mass is 422 g/mol. The number of carbonyl (C=O) groups excluding carboxylic acids is 1. The number of rotatable bonds is 4. The summed E-state index contributed by atoms with van der Waals surface area (Å²) in [4.78, 5) is 13.4. The Morgan fingerprint density at radius 2 is 1.66 bits per heavy atom. The van der Waals surface area contributed by atoms with E-state index in [-0.39, 0.29) is 17.7 Å². The highest BCUT2D eigenvalue weighted by Crippen LogP contribution is 2.38. The van der Waals surface area contributed by atoms with Crippen LogP contribution in [-0.4, -0.2) is 28.8 Å². The molecule has 1 heterocycles. The summed E-state index contributed by atoms with van der Waals surface area (Å²) in [6.07, 6.45) is 0.497. The van der Waals surface area contributed by atoms with Gasteiger partial charge in [-0.25, -0.2) is 5.01 Å². The first-order valence-electron chi connectivity index (χ1n) is 10.5. The van der Waals surface area contributed by atoms with Crippen LogP contribution in [0.5, 0.6) is 11.5 Å². The number of carbonyl (C=O) groups is 1. The van der Waals surface area contributed by atoms with E-state index in [1.807, 2.05) is 78.9 Å². The second-order valence-electron chi connectivity index (χ2n) is 7.74. The fraction of sp³-hybridized carbons (Fsp3) is 0.111. The molecule has 0 fully saturated rings. The molecule has 32 heavy (non-hydrogen) atoms. The van der Waals surface area contributed by atoms with Gasteiger partial charge in [-0.1, -0.05) is 60.7 Å². The number of hydrazone groups is 1. The third-order valence-electron chi connectivity index (χ3n) is 5.85. The maximum Gasteiger partial charge on any atom is 0.274 e. The summed E-state index contributed by atoms with van der Waals surface area (Å²) in [5.74, 6) is 0.757. The fourth-order valence-electron chi connectivity index (χ4n) is 4.15. The lowest BCUT2D eigenvalue weighted by Gasteiger charge is -2.22. The van der Waals surface area contributed by atoms with E-state index in [9.17, 15) is 9.90 Å². The van der Waals surface area contributed by atoms with Crippen molar-refractivity contribution in [3.8, 4) is 11.5 Å². The highest BCUT2D eigenvalue weighted by atomic mass is 16.5. The molecule has 1 amide bonds. The zero-order valence-corrected chi connectivity index (χ0v) is 17.6. The first-order valence-corrected chi connectivity index (χ1v) is 10.5. The van der Waals surface area contributed by atoms with Gasteiger partial charge in [-0.05, 0) is 41.3 Å². The minimum Gasteiger partial charge on any atom is -0.507 e. The van der Waals surface area contributed by atoms with Crippen molar-refractivity contribution in [2.45, 2.75) is 12.5 Å². The lowest BCUT2D eigenvalue weighted by Crippen LogP contribution is -2.27. The van der Waals surface area contributed by atoms with Crippen molar-refractivity contribution in [1.82, 2.24) is 5.01 Å².